The number of carboxylic acid groups (broad SMARTS) is 1. The molecule has 3 N–H and O–H groups in total. The van der Waals surface area contributed by atoms with E-state index in [1.54, 1.807) is 11.8 Å². The summed E-state index contributed by atoms with van der Waals surface area (Å²) in [7, 11) is 0. The Bertz CT molecular complexity index is 430. The number of likely N-dealkylation sites (tertiary alicyclic amines) is 1. The van der Waals surface area contributed by atoms with Gasteiger partial charge in [-0.2, -0.15) is 0 Å². The summed E-state index contributed by atoms with van der Waals surface area (Å²) in [5.41, 5.74) is -1.25. The zero-order chi connectivity index (χ0) is 16.3. The molecule has 7 heteroatoms. The van der Waals surface area contributed by atoms with E-state index in [0.717, 1.165) is 6.42 Å². The van der Waals surface area contributed by atoms with Crippen LogP contribution in [0.25, 0.3) is 0 Å². The molecule has 21 heavy (non-hydrogen) atoms. The summed E-state index contributed by atoms with van der Waals surface area (Å²) in [5, 5.41) is 14.1. The molecule has 1 rings (SSSR count). The molecule has 120 valence electrons. The Morgan fingerprint density at radius 3 is 2.43 bits per heavy atom. The quantitative estimate of drug-likeness (QED) is 0.716. The number of carboxylic acids is 1. The van der Waals surface area contributed by atoms with E-state index in [0.29, 0.717) is 19.5 Å². The summed E-state index contributed by atoms with van der Waals surface area (Å²) >= 11 is 0. The normalized spacial score (nSPS) is 23.4. The molecule has 0 saturated carbocycles. The van der Waals surface area contributed by atoms with Crippen LogP contribution in [0.4, 0.5) is 4.79 Å². The van der Waals surface area contributed by atoms with Crippen molar-refractivity contribution >= 4 is 17.9 Å². The molecular formula is C14H25N3O4. The zero-order valence-electron chi connectivity index (χ0n) is 13.2. The van der Waals surface area contributed by atoms with Gasteiger partial charge in [-0.25, -0.2) is 4.79 Å². The SMILES string of the molecule is CC(C)(C)NC(=O)NC(=O)CN1CCCC(C)(C(=O)O)C1. The number of hydrogen-bond acceptors (Lipinski definition) is 4. The third-order valence-electron chi connectivity index (χ3n) is 3.40. The van der Waals surface area contributed by atoms with Crippen molar-refractivity contribution in [1.82, 2.24) is 15.5 Å². The largest absolute Gasteiger partial charge is 0.481 e. The van der Waals surface area contributed by atoms with Crippen LogP contribution in [0.3, 0.4) is 0 Å². The first kappa shape index (κ1) is 17.4. The van der Waals surface area contributed by atoms with Crippen molar-refractivity contribution in [1.29, 1.82) is 0 Å². The fraction of sp³-hybridized carbons (Fsp3) is 0.786. The molecule has 1 fully saturated rings. The number of rotatable bonds is 3. The zero-order valence-corrected chi connectivity index (χ0v) is 13.2. The molecule has 0 aliphatic carbocycles. The third kappa shape index (κ3) is 5.71. The van der Waals surface area contributed by atoms with Crippen LogP contribution in [0.1, 0.15) is 40.5 Å². The van der Waals surface area contributed by atoms with Gasteiger partial charge in [-0.05, 0) is 47.1 Å². The van der Waals surface area contributed by atoms with Crippen LogP contribution in [0.5, 0.6) is 0 Å². The molecule has 1 unspecified atom stereocenters. The number of nitrogens with zero attached hydrogens (tertiary/aromatic N) is 1. The lowest BCUT2D eigenvalue weighted by atomic mass is 9.82. The number of imide groups is 1. The van der Waals surface area contributed by atoms with Crippen molar-refractivity contribution in [3.63, 3.8) is 0 Å². The number of aliphatic carboxylic acids is 1. The standard InChI is InChI=1S/C14H25N3O4/c1-13(2,3)16-12(21)15-10(18)8-17-7-5-6-14(4,9-17)11(19)20/h5-9H2,1-4H3,(H,19,20)(H2,15,16,18,21). The lowest BCUT2D eigenvalue weighted by molar-refractivity contribution is -0.151. The number of carbonyl (C=O) groups is 3. The van der Waals surface area contributed by atoms with E-state index >= 15 is 0 Å². The molecule has 1 saturated heterocycles. The first-order valence-corrected chi connectivity index (χ1v) is 7.10. The maximum atomic E-state index is 11.8. The Balaban J connectivity index is 2.48. The van der Waals surface area contributed by atoms with Crippen molar-refractivity contribution in [2.75, 3.05) is 19.6 Å². The van der Waals surface area contributed by atoms with Gasteiger partial charge in [0, 0.05) is 12.1 Å². The molecular weight excluding hydrogens is 274 g/mol. The summed E-state index contributed by atoms with van der Waals surface area (Å²) in [5.74, 6) is -1.27. The minimum absolute atomic E-state index is 0.0282. The van der Waals surface area contributed by atoms with Gasteiger partial charge in [0.1, 0.15) is 0 Å². The van der Waals surface area contributed by atoms with E-state index in [2.05, 4.69) is 10.6 Å². The highest BCUT2D eigenvalue weighted by molar-refractivity contribution is 5.95. The van der Waals surface area contributed by atoms with Gasteiger partial charge in [0.05, 0.1) is 12.0 Å². The van der Waals surface area contributed by atoms with Gasteiger partial charge in [0.2, 0.25) is 5.91 Å². The molecule has 1 aliphatic rings. The van der Waals surface area contributed by atoms with E-state index in [9.17, 15) is 19.5 Å². The lowest BCUT2D eigenvalue weighted by Crippen LogP contribution is -2.52. The fourth-order valence-corrected chi connectivity index (χ4v) is 2.40. The van der Waals surface area contributed by atoms with Crippen molar-refractivity contribution in [3.05, 3.63) is 0 Å². The third-order valence-corrected chi connectivity index (χ3v) is 3.40. The lowest BCUT2D eigenvalue weighted by Gasteiger charge is -2.37. The molecule has 0 aromatic heterocycles. The minimum atomic E-state index is -0.849. The van der Waals surface area contributed by atoms with Crippen LogP contribution >= 0.6 is 0 Å². The van der Waals surface area contributed by atoms with Crippen LogP contribution in [-0.4, -0.2) is 53.1 Å². The van der Waals surface area contributed by atoms with Gasteiger partial charge in [0.15, 0.2) is 0 Å². The minimum Gasteiger partial charge on any atom is -0.481 e. The van der Waals surface area contributed by atoms with Gasteiger partial charge >= 0.3 is 12.0 Å². The number of nitrogens with one attached hydrogen (secondary N) is 2. The maximum Gasteiger partial charge on any atom is 0.321 e. The fourth-order valence-electron chi connectivity index (χ4n) is 2.40. The molecule has 0 aromatic carbocycles. The Hall–Kier alpha value is -1.63. The topological polar surface area (TPSA) is 98.7 Å². The summed E-state index contributed by atoms with van der Waals surface area (Å²) in [6.45, 7) is 8.15. The summed E-state index contributed by atoms with van der Waals surface area (Å²) in [6, 6.07) is -0.537. The Labute approximate surface area is 125 Å². The number of urea groups is 1. The average Bonchev–Trinajstić information content (AvgIpc) is 2.25. The van der Waals surface area contributed by atoms with Crippen LogP contribution in [0.2, 0.25) is 0 Å². The van der Waals surface area contributed by atoms with Crippen LogP contribution < -0.4 is 10.6 Å². The van der Waals surface area contributed by atoms with E-state index in [1.807, 2.05) is 20.8 Å². The highest BCUT2D eigenvalue weighted by Gasteiger charge is 2.38. The van der Waals surface area contributed by atoms with Crippen LogP contribution in [-0.2, 0) is 9.59 Å². The molecule has 7 nitrogen and oxygen atoms in total. The molecule has 1 atom stereocenters. The summed E-state index contributed by atoms with van der Waals surface area (Å²) < 4.78 is 0. The molecule has 0 radical (unpaired) electrons. The van der Waals surface area contributed by atoms with Gasteiger partial charge in [0.25, 0.3) is 0 Å². The van der Waals surface area contributed by atoms with Gasteiger partial charge in [-0.15, -0.1) is 0 Å². The van der Waals surface area contributed by atoms with E-state index in [-0.39, 0.29) is 6.54 Å². The molecule has 0 bridgehead atoms. The molecule has 0 aromatic rings. The predicted octanol–water partition coefficient (Wildman–Crippen LogP) is 0.797. The smallest absolute Gasteiger partial charge is 0.321 e. The number of hydrogen-bond donors (Lipinski definition) is 3. The van der Waals surface area contributed by atoms with Gasteiger partial charge in [-0.1, -0.05) is 0 Å². The van der Waals surface area contributed by atoms with E-state index in [1.165, 1.54) is 0 Å². The van der Waals surface area contributed by atoms with E-state index < -0.39 is 28.9 Å². The van der Waals surface area contributed by atoms with E-state index in [4.69, 9.17) is 0 Å². The number of amides is 3. The summed E-state index contributed by atoms with van der Waals surface area (Å²) in [6.07, 6.45) is 1.33. The second-order valence-electron chi connectivity index (χ2n) is 6.93. The van der Waals surface area contributed by atoms with Gasteiger partial charge in [-0.3, -0.25) is 19.8 Å². The van der Waals surface area contributed by atoms with Gasteiger partial charge < -0.3 is 10.4 Å². The second-order valence-corrected chi connectivity index (χ2v) is 6.93. The average molecular weight is 299 g/mol. The molecule has 0 spiro atoms. The van der Waals surface area contributed by atoms with Crippen molar-refractivity contribution in [2.45, 2.75) is 46.1 Å². The number of piperidine rings is 1. The highest BCUT2D eigenvalue weighted by atomic mass is 16.4. The monoisotopic (exact) mass is 299 g/mol. The van der Waals surface area contributed by atoms with Crippen LogP contribution in [0, 0.1) is 5.41 Å². The predicted molar refractivity (Wildman–Crippen MR) is 77.8 cm³/mol. The summed E-state index contributed by atoms with van der Waals surface area (Å²) in [4.78, 5) is 36.4. The molecule has 1 heterocycles. The highest BCUT2D eigenvalue weighted by Crippen LogP contribution is 2.29. The maximum absolute atomic E-state index is 11.8. The van der Waals surface area contributed by atoms with Crippen LogP contribution in [0.15, 0.2) is 0 Å². The molecule has 1 aliphatic heterocycles. The Kier molecular flexibility index (Phi) is 5.33. The van der Waals surface area contributed by atoms with Crippen molar-refractivity contribution < 1.29 is 19.5 Å². The Morgan fingerprint density at radius 2 is 1.90 bits per heavy atom. The van der Waals surface area contributed by atoms with Crippen molar-refractivity contribution in [3.8, 4) is 0 Å². The first-order chi connectivity index (χ1) is 9.52. The van der Waals surface area contributed by atoms with Crippen molar-refractivity contribution in [2.24, 2.45) is 5.41 Å². The second kappa shape index (κ2) is 6.43. The number of carbonyl (C=O) groups excluding carboxylic acids is 2. The first-order valence-electron chi connectivity index (χ1n) is 7.10. The molecule has 3 amide bonds. The Morgan fingerprint density at radius 1 is 1.29 bits per heavy atom.